The highest BCUT2D eigenvalue weighted by Gasteiger charge is 2.63. The van der Waals surface area contributed by atoms with Crippen LogP contribution in [-0.4, -0.2) is 40.8 Å². The van der Waals surface area contributed by atoms with E-state index in [9.17, 15) is 34.8 Å². The highest BCUT2D eigenvalue weighted by molar-refractivity contribution is 7.89. The van der Waals surface area contributed by atoms with Crippen LogP contribution in [0.1, 0.15) is 41.6 Å². The standard InChI is InChI=1S/C21H22F6N4O2S/c1-12-15-9-30(34(32,33)21(25,26)27)10-18(19-4-13(5-19)6-19)31(8-14-7-28-11-29-14)17(15)3-2-16(12)20(22,23)24/h2-3,7,11,13,18H,4-6,8-10H2,1H3,(H,28,29)/t13?,18-,19?/m1/s1. The largest absolute Gasteiger partial charge is 0.511 e. The first kappa shape index (κ1) is 23.5. The van der Waals surface area contributed by atoms with E-state index in [1.165, 1.54) is 25.5 Å². The predicted octanol–water partition coefficient (Wildman–Crippen LogP) is 4.58. The number of imidazole rings is 1. The number of H-pyrrole nitrogens is 1. The van der Waals surface area contributed by atoms with Crippen LogP contribution in [0.5, 0.6) is 0 Å². The molecule has 6 nitrogen and oxygen atoms in total. The second kappa shape index (κ2) is 7.36. The molecule has 3 saturated carbocycles. The number of sulfonamides is 1. The molecule has 2 heterocycles. The number of alkyl halides is 6. The second-order valence-corrected chi connectivity index (χ2v) is 11.5. The number of aromatic amines is 1. The topological polar surface area (TPSA) is 69.3 Å². The maximum absolute atomic E-state index is 13.6. The lowest BCUT2D eigenvalue weighted by molar-refractivity contribution is -0.138. The number of hydrogen-bond acceptors (Lipinski definition) is 4. The summed E-state index contributed by atoms with van der Waals surface area (Å²) < 4.78 is 107. The molecular weight excluding hydrogens is 486 g/mol. The minimum absolute atomic E-state index is 0.0729. The maximum atomic E-state index is 13.6. The van der Waals surface area contributed by atoms with Crippen molar-refractivity contribution >= 4 is 15.7 Å². The number of anilines is 1. The molecule has 1 aromatic heterocycles. The van der Waals surface area contributed by atoms with Crippen molar-refractivity contribution in [2.45, 2.75) is 57.0 Å². The fourth-order valence-corrected chi connectivity index (χ4v) is 6.71. The van der Waals surface area contributed by atoms with Crippen molar-refractivity contribution in [1.82, 2.24) is 14.3 Å². The first-order valence-corrected chi connectivity index (χ1v) is 12.2. The summed E-state index contributed by atoms with van der Waals surface area (Å²) >= 11 is 0. The molecule has 0 radical (unpaired) electrons. The molecule has 34 heavy (non-hydrogen) atoms. The van der Waals surface area contributed by atoms with E-state index in [1.54, 1.807) is 4.90 Å². The number of benzene rings is 1. The van der Waals surface area contributed by atoms with Crippen molar-refractivity contribution in [2.24, 2.45) is 11.3 Å². The number of rotatable bonds is 4. The van der Waals surface area contributed by atoms with Crippen LogP contribution in [0.15, 0.2) is 24.7 Å². The molecule has 186 valence electrons. The third-order valence-corrected chi connectivity index (χ3v) is 9.14. The Kier molecular flexibility index (Phi) is 5.08. The van der Waals surface area contributed by atoms with Gasteiger partial charge in [-0.15, -0.1) is 0 Å². The smallest absolute Gasteiger partial charge is 0.361 e. The molecular formula is C21H22F6N4O2S. The van der Waals surface area contributed by atoms with Crippen molar-refractivity contribution in [2.75, 3.05) is 11.4 Å². The highest BCUT2D eigenvalue weighted by Crippen LogP contribution is 2.67. The SMILES string of the molecule is Cc1c(C(F)(F)F)ccc2c1CN(S(=O)(=O)C(F)(F)F)C[C@H](C13CC(C1)C3)N2Cc1cnc[nH]1. The number of aromatic nitrogens is 2. The van der Waals surface area contributed by atoms with E-state index in [0.29, 0.717) is 21.6 Å². The summed E-state index contributed by atoms with van der Waals surface area (Å²) in [6, 6.07) is 1.54. The Hall–Kier alpha value is -2.28. The minimum Gasteiger partial charge on any atom is -0.361 e. The van der Waals surface area contributed by atoms with Gasteiger partial charge >= 0.3 is 21.7 Å². The first-order valence-electron chi connectivity index (χ1n) is 10.7. The Bertz CT molecular complexity index is 1190. The summed E-state index contributed by atoms with van der Waals surface area (Å²) in [6.07, 6.45) is 0.498. The van der Waals surface area contributed by atoms with Crippen molar-refractivity contribution in [3.05, 3.63) is 47.0 Å². The van der Waals surface area contributed by atoms with E-state index in [2.05, 4.69) is 9.97 Å². The first-order chi connectivity index (χ1) is 15.7. The number of nitrogens with zero attached hydrogens (tertiary/aromatic N) is 3. The van der Waals surface area contributed by atoms with Crippen LogP contribution in [0.4, 0.5) is 32.0 Å². The average Bonchev–Trinajstić information content (AvgIpc) is 3.09. The quantitative estimate of drug-likeness (QED) is 0.615. The van der Waals surface area contributed by atoms with Crippen molar-refractivity contribution in [3.63, 3.8) is 0 Å². The van der Waals surface area contributed by atoms with E-state index in [-0.39, 0.29) is 23.1 Å². The molecule has 3 aliphatic carbocycles. The molecule has 0 unspecified atom stereocenters. The van der Waals surface area contributed by atoms with Gasteiger partial charge in [0, 0.05) is 31.0 Å². The van der Waals surface area contributed by atoms with E-state index < -0.39 is 46.4 Å². The van der Waals surface area contributed by atoms with Gasteiger partial charge in [-0.05, 0) is 60.8 Å². The lowest BCUT2D eigenvalue weighted by Crippen LogP contribution is -2.66. The minimum atomic E-state index is -5.77. The van der Waals surface area contributed by atoms with Crippen LogP contribution in [-0.2, 0) is 29.3 Å². The Balaban J connectivity index is 1.70. The number of halogens is 6. The van der Waals surface area contributed by atoms with Gasteiger partial charge in [-0.3, -0.25) is 0 Å². The monoisotopic (exact) mass is 508 g/mol. The molecule has 4 aliphatic rings. The number of hydrogen-bond donors (Lipinski definition) is 1. The summed E-state index contributed by atoms with van der Waals surface area (Å²) in [7, 11) is -5.77. The molecule has 0 amide bonds. The van der Waals surface area contributed by atoms with Crippen molar-refractivity contribution in [1.29, 1.82) is 0 Å². The zero-order chi connectivity index (χ0) is 24.7. The average molecular weight is 508 g/mol. The van der Waals surface area contributed by atoms with Crippen LogP contribution < -0.4 is 4.90 Å². The summed E-state index contributed by atoms with van der Waals surface area (Å²) in [5, 5.41) is 0. The summed E-state index contributed by atoms with van der Waals surface area (Å²) in [5.41, 5.74) is -6.35. The van der Waals surface area contributed by atoms with Gasteiger partial charge in [-0.2, -0.15) is 30.6 Å². The van der Waals surface area contributed by atoms with Crippen LogP contribution in [0, 0.1) is 18.3 Å². The van der Waals surface area contributed by atoms with Crippen molar-refractivity contribution < 1.29 is 34.8 Å². The third-order valence-electron chi connectivity index (χ3n) is 7.60. The van der Waals surface area contributed by atoms with Crippen LogP contribution >= 0.6 is 0 Å². The van der Waals surface area contributed by atoms with E-state index in [1.807, 2.05) is 0 Å². The van der Waals surface area contributed by atoms with Gasteiger partial charge in [0.25, 0.3) is 0 Å². The van der Waals surface area contributed by atoms with Gasteiger partial charge in [-0.1, -0.05) is 0 Å². The summed E-state index contributed by atoms with van der Waals surface area (Å²) in [6.45, 7) is 0.0745. The lowest BCUT2D eigenvalue weighted by atomic mass is 9.41. The normalized spacial score (nSPS) is 27.6. The summed E-state index contributed by atoms with van der Waals surface area (Å²) in [4.78, 5) is 8.67. The van der Waals surface area contributed by atoms with Gasteiger partial charge in [0.2, 0.25) is 0 Å². The molecule has 6 rings (SSSR count). The number of nitrogens with one attached hydrogen (secondary N) is 1. The fourth-order valence-electron chi connectivity index (χ4n) is 5.78. The van der Waals surface area contributed by atoms with Gasteiger partial charge < -0.3 is 9.88 Å². The Labute approximate surface area is 192 Å². The van der Waals surface area contributed by atoms with Crippen LogP contribution in [0.3, 0.4) is 0 Å². The highest BCUT2D eigenvalue weighted by atomic mass is 32.2. The van der Waals surface area contributed by atoms with Crippen LogP contribution in [0.2, 0.25) is 0 Å². The molecule has 1 aliphatic heterocycles. The second-order valence-electron chi connectivity index (χ2n) is 9.54. The Morgan fingerprint density at radius 3 is 2.32 bits per heavy atom. The van der Waals surface area contributed by atoms with Crippen LogP contribution in [0.25, 0.3) is 0 Å². The molecule has 1 N–H and O–H groups in total. The van der Waals surface area contributed by atoms with Crippen molar-refractivity contribution in [3.8, 4) is 0 Å². The molecule has 2 bridgehead atoms. The summed E-state index contributed by atoms with van der Waals surface area (Å²) in [5.74, 6) is 0.457. The number of fused-ring (bicyclic) bond motifs is 1. The maximum Gasteiger partial charge on any atom is 0.511 e. The molecule has 2 aromatic rings. The molecule has 0 spiro atoms. The van der Waals surface area contributed by atoms with Gasteiger partial charge in [0.1, 0.15) is 0 Å². The molecule has 1 atom stereocenters. The Morgan fingerprint density at radius 1 is 1.15 bits per heavy atom. The van der Waals surface area contributed by atoms with E-state index in [0.717, 1.165) is 25.3 Å². The van der Waals surface area contributed by atoms with E-state index >= 15 is 0 Å². The van der Waals surface area contributed by atoms with Gasteiger partial charge in [-0.25, -0.2) is 13.4 Å². The zero-order valence-electron chi connectivity index (χ0n) is 18.0. The molecule has 0 saturated heterocycles. The van der Waals surface area contributed by atoms with Gasteiger partial charge in [0.15, 0.2) is 0 Å². The fraction of sp³-hybridized carbons (Fsp3) is 0.571. The Morgan fingerprint density at radius 2 is 1.82 bits per heavy atom. The van der Waals surface area contributed by atoms with Gasteiger partial charge in [0.05, 0.1) is 24.1 Å². The third kappa shape index (κ3) is 3.50. The zero-order valence-corrected chi connectivity index (χ0v) is 18.9. The molecule has 1 aromatic carbocycles. The van der Waals surface area contributed by atoms with E-state index in [4.69, 9.17) is 0 Å². The predicted molar refractivity (Wildman–Crippen MR) is 110 cm³/mol. The molecule has 3 fully saturated rings. The lowest BCUT2D eigenvalue weighted by Gasteiger charge is -2.67. The molecule has 13 heteroatoms.